The number of hydrogen-bond donors (Lipinski definition) is 0. The van der Waals surface area contributed by atoms with Crippen molar-refractivity contribution in [1.29, 1.82) is 0 Å². The molecule has 0 spiro atoms. The third-order valence-corrected chi connectivity index (χ3v) is 4.36. The fraction of sp³-hybridized carbons (Fsp3) is 0.143. The Morgan fingerprint density at radius 3 is 2.48 bits per heavy atom. The Morgan fingerprint density at radius 1 is 0.926 bits per heavy atom. The lowest BCUT2D eigenvalue weighted by Gasteiger charge is -2.22. The minimum absolute atomic E-state index is 0.0939. The number of hydrogen-bond acceptors (Lipinski definition) is 4. The molecule has 0 aliphatic carbocycles. The molecule has 0 saturated carbocycles. The largest absolute Gasteiger partial charge is 0.467 e. The quantitative estimate of drug-likeness (QED) is 0.527. The van der Waals surface area contributed by atoms with Crippen molar-refractivity contribution in [2.24, 2.45) is 0 Å². The number of para-hydroxylation sites is 2. The molecule has 4 aromatic rings. The predicted molar refractivity (Wildman–Crippen MR) is 99.9 cm³/mol. The van der Waals surface area contributed by atoms with Crippen LogP contribution in [0, 0.1) is 0 Å². The first-order chi connectivity index (χ1) is 13.2. The molecule has 0 radical (unpaired) electrons. The minimum Gasteiger partial charge on any atom is -0.467 e. The van der Waals surface area contributed by atoms with Gasteiger partial charge in [-0.3, -0.25) is 9.36 Å². The Kier molecular flexibility index (Phi) is 4.61. The van der Waals surface area contributed by atoms with Crippen molar-refractivity contribution in [2.75, 3.05) is 0 Å². The fourth-order valence-corrected chi connectivity index (χ4v) is 3.03. The first-order valence-corrected chi connectivity index (χ1v) is 8.63. The molecule has 2 aromatic heterocycles. The van der Waals surface area contributed by atoms with Gasteiger partial charge in [0.05, 0.1) is 18.3 Å². The number of oxazole rings is 1. The molecule has 1 amide bonds. The van der Waals surface area contributed by atoms with E-state index in [2.05, 4.69) is 0 Å². The molecule has 136 valence electrons. The second-order valence-electron chi connectivity index (χ2n) is 6.24. The topological polar surface area (TPSA) is 68.6 Å². The molecule has 27 heavy (non-hydrogen) atoms. The van der Waals surface area contributed by atoms with Crippen molar-refractivity contribution in [3.63, 3.8) is 0 Å². The van der Waals surface area contributed by atoms with E-state index in [4.69, 9.17) is 8.83 Å². The summed E-state index contributed by atoms with van der Waals surface area (Å²) >= 11 is 0. The Balaban J connectivity index is 1.61. The highest BCUT2D eigenvalue weighted by atomic mass is 16.4. The van der Waals surface area contributed by atoms with E-state index >= 15 is 0 Å². The van der Waals surface area contributed by atoms with Crippen molar-refractivity contribution < 1.29 is 13.6 Å². The summed E-state index contributed by atoms with van der Waals surface area (Å²) in [6.45, 7) is 0.652. The van der Waals surface area contributed by atoms with Gasteiger partial charge in [0.25, 0.3) is 0 Å². The number of carbonyl (C=O) groups excluding carboxylic acids is 1. The van der Waals surface area contributed by atoms with Gasteiger partial charge in [-0.15, -0.1) is 0 Å². The van der Waals surface area contributed by atoms with Gasteiger partial charge in [0.15, 0.2) is 5.58 Å². The highest BCUT2D eigenvalue weighted by Crippen LogP contribution is 2.15. The molecule has 2 aromatic carbocycles. The zero-order valence-corrected chi connectivity index (χ0v) is 14.6. The van der Waals surface area contributed by atoms with Crippen molar-refractivity contribution in [3.8, 4) is 0 Å². The maximum Gasteiger partial charge on any atom is 0.420 e. The molecule has 0 atom stereocenters. The maximum atomic E-state index is 13.0. The third-order valence-electron chi connectivity index (χ3n) is 4.36. The molecule has 0 fully saturated rings. The van der Waals surface area contributed by atoms with Crippen LogP contribution in [0.25, 0.3) is 11.1 Å². The van der Waals surface area contributed by atoms with Crippen LogP contribution in [0.1, 0.15) is 11.3 Å². The highest BCUT2D eigenvalue weighted by molar-refractivity contribution is 5.79. The van der Waals surface area contributed by atoms with Crippen molar-refractivity contribution in [3.05, 3.63) is 94.9 Å². The van der Waals surface area contributed by atoms with E-state index in [0.717, 1.165) is 5.56 Å². The van der Waals surface area contributed by atoms with Crippen molar-refractivity contribution in [2.45, 2.75) is 19.6 Å². The predicted octanol–water partition coefficient (Wildman–Crippen LogP) is 3.42. The monoisotopic (exact) mass is 362 g/mol. The average molecular weight is 362 g/mol. The lowest BCUT2D eigenvalue weighted by molar-refractivity contribution is -0.133. The van der Waals surface area contributed by atoms with E-state index in [0.29, 0.717) is 29.9 Å². The maximum absolute atomic E-state index is 13.0. The number of nitrogens with zero attached hydrogens (tertiary/aromatic N) is 2. The zero-order chi connectivity index (χ0) is 18.6. The summed E-state index contributed by atoms with van der Waals surface area (Å²) in [5, 5.41) is 0. The first-order valence-electron chi connectivity index (χ1n) is 8.63. The van der Waals surface area contributed by atoms with Gasteiger partial charge in [-0.05, 0) is 29.8 Å². The van der Waals surface area contributed by atoms with Crippen molar-refractivity contribution >= 4 is 17.0 Å². The average Bonchev–Trinajstić information content (AvgIpc) is 3.30. The molecule has 0 unspecified atom stereocenters. The Morgan fingerprint density at radius 2 is 1.70 bits per heavy atom. The number of fused-ring (bicyclic) bond motifs is 1. The van der Waals surface area contributed by atoms with Crippen LogP contribution in [0.5, 0.6) is 0 Å². The molecular formula is C21H18N2O4. The number of amides is 1. The van der Waals surface area contributed by atoms with Gasteiger partial charge in [-0.25, -0.2) is 4.79 Å². The van der Waals surface area contributed by atoms with Gasteiger partial charge in [0.2, 0.25) is 5.91 Å². The van der Waals surface area contributed by atoms with Gasteiger partial charge in [0.1, 0.15) is 12.3 Å². The standard InChI is InChI=1S/C21H18N2O4/c24-20(15-23-18-10-4-5-11-19(18)27-21(23)25)22(14-17-9-6-12-26-17)13-16-7-2-1-3-8-16/h1-12H,13-15H2. The van der Waals surface area contributed by atoms with Crippen LogP contribution >= 0.6 is 0 Å². The fourth-order valence-electron chi connectivity index (χ4n) is 3.03. The molecule has 0 N–H and O–H groups in total. The summed E-state index contributed by atoms with van der Waals surface area (Å²) in [5.41, 5.74) is 2.08. The summed E-state index contributed by atoms with van der Waals surface area (Å²) < 4.78 is 12.0. The second-order valence-corrected chi connectivity index (χ2v) is 6.24. The van der Waals surface area contributed by atoms with Crippen LogP contribution in [0.3, 0.4) is 0 Å². The van der Waals surface area contributed by atoms with Crippen molar-refractivity contribution in [1.82, 2.24) is 9.47 Å². The SMILES string of the molecule is O=C(Cn1c(=O)oc2ccccc21)N(Cc1ccccc1)Cc1ccco1. The number of aromatic nitrogens is 1. The van der Waals surface area contributed by atoms with Gasteiger partial charge in [0, 0.05) is 6.54 Å². The van der Waals surface area contributed by atoms with Gasteiger partial charge >= 0.3 is 5.76 Å². The highest BCUT2D eigenvalue weighted by Gasteiger charge is 2.19. The summed E-state index contributed by atoms with van der Waals surface area (Å²) in [6, 6.07) is 20.4. The van der Waals surface area contributed by atoms with E-state index in [1.165, 1.54) is 4.57 Å². The molecule has 0 aliphatic rings. The number of furan rings is 1. The van der Waals surface area contributed by atoms with Crippen LogP contribution in [-0.2, 0) is 24.4 Å². The van der Waals surface area contributed by atoms with E-state index in [1.54, 1.807) is 35.4 Å². The zero-order valence-electron chi connectivity index (χ0n) is 14.6. The number of carbonyl (C=O) groups is 1. The summed E-state index contributed by atoms with van der Waals surface area (Å²) in [4.78, 5) is 26.9. The Labute approximate surface area is 155 Å². The van der Waals surface area contributed by atoms with Crippen LogP contribution in [0.15, 0.2) is 86.6 Å². The van der Waals surface area contributed by atoms with Gasteiger partial charge in [-0.2, -0.15) is 0 Å². The van der Waals surface area contributed by atoms with Gasteiger partial charge in [-0.1, -0.05) is 42.5 Å². The van der Waals surface area contributed by atoms with E-state index in [1.807, 2.05) is 42.5 Å². The van der Waals surface area contributed by atoms with Crippen LogP contribution in [0.2, 0.25) is 0 Å². The lowest BCUT2D eigenvalue weighted by Crippen LogP contribution is -2.34. The molecule has 0 bridgehead atoms. The van der Waals surface area contributed by atoms with E-state index in [-0.39, 0.29) is 12.5 Å². The summed E-state index contributed by atoms with van der Waals surface area (Å²) in [5.74, 6) is -0.0465. The van der Waals surface area contributed by atoms with E-state index in [9.17, 15) is 9.59 Å². The molecule has 0 aliphatic heterocycles. The molecule has 6 nitrogen and oxygen atoms in total. The molecular weight excluding hydrogens is 344 g/mol. The first kappa shape index (κ1) is 16.9. The number of benzene rings is 2. The molecule has 4 rings (SSSR count). The summed E-state index contributed by atoms with van der Waals surface area (Å²) in [6.07, 6.45) is 1.58. The lowest BCUT2D eigenvalue weighted by atomic mass is 10.2. The van der Waals surface area contributed by atoms with Crippen LogP contribution in [-0.4, -0.2) is 15.4 Å². The Hall–Kier alpha value is -3.54. The molecule has 0 saturated heterocycles. The molecule has 2 heterocycles. The second kappa shape index (κ2) is 7.37. The Bertz CT molecular complexity index is 1090. The summed E-state index contributed by atoms with van der Waals surface area (Å²) in [7, 11) is 0. The minimum atomic E-state index is -0.540. The third kappa shape index (κ3) is 3.69. The smallest absolute Gasteiger partial charge is 0.420 e. The molecule has 6 heteroatoms. The van der Waals surface area contributed by atoms with E-state index < -0.39 is 5.76 Å². The number of rotatable bonds is 6. The normalized spacial score (nSPS) is 11.0. The van der Waals surface area contributed by atoms with Gasteiger partial charge < -0.3 is 13.7 Å². The van der Waals surface area contributed by atoms with Crippen LogP contribution in [0.4, 0.5) is 0 Å². The van der Waals surface area contributed by atoms with Crippen LogP contribution < -0.4 is 5.76 Å².